The zero-order valence-corrected chi connectivity index (χ0v) is 7.16. The Morgan fingerprint density at radius 3 is 3.15 bits per heavy atom. The predicted octanol–water partition coefficient (Wildman–Crippen LogP) is -0.0319. The first kappa shape index (κ1) is 9.19. The fourth-order valence-electron chi connectivity index (χ4n) is 0.852. The number of rotatable bonds is 3. The molecule has 0 bridgehead atoms. The molecule has 0 aliphatic carbocycles. The average molecular weight is 179 g/mol. The van der Waals surface area contributed by atoms with Crippen molar-refractivity contribution in [1.29, 1.82) is 5.26 Å². The van der Waals surface area contributed by atoms with Gasteiger partial charge < -0.3 is 0 Å². The van der Waals surface area contributed by atoms with Gasteiger partial charge >= 0.3 is 5.91 Å². The van der Waals surface area contributed by atoms with Gasteiger partial charge in [-0.2, -0.15) is 5.26 Å². The van der Waals surface area contributed by atoms with Crippen LogP contribution in [0.3, 0.4) is 0 Å². The molecule has 0 saturated carbocycles. The topological polar surface area (TPSA) is 94.5 Å². The van der Waals surface area contributed by atoms with Crippen molar-refractivity contribution < 1.29 is 4.79 Å². The number of hydrogen-bond donors (Lipinski definition) is 2. The largest absolute Gasteiger partial charge is 0.303 e. The van der Waals surface area contributed by atoms with Crippen molar-refractivity contribution in [3.8, 4) is 6.19 Å². The van der Waals surface area contributed by atoms with Crippen molar-refractivity contribution >= 4 is 5.91 Å². The highest BCUT2D eigenvalue weighted by Gasteiger charge is 2.10. The van der Waals surface area contributed by atoms with Crippen LogP contribution < -0.4 is 5.32 Å². The molecule has 1 aromatic rings. The van der Waals surface area contributed by atoms with E-state index in [2.05, 4.69) is 15.2 Å². The van der Waals surface area contributed by atoms with E-state index in [9.17, 15) is 4.79 Å². The van der Waals surface area contributed by atoms with E-state index in [1.165, 1.54) is 6.19 Å². The number of carbonyl (C=O) groups is 1. The number of aromatic nitrogens is 3. The molecule has 0 fully saturated rings. The smallest absolute Gasteiger partial charge is 0.264 e. The highest BCUT2D eigenvalue weighted by molar-refractivity contribution is 5.91. The Hall–Kier alpha value is -1.90. The fourth-order valence-corrected chi connectivity index (χ4v) is 0.852. The lowest BCUT2D eigenvalue weighted by atomic mass is 10.3. The van der Waals surface area contributed by atoms with Crippen LogP contribution in [0.25, 0.3) is 0 Å². The summed E-state index contributed by atoms with van der Waals surface area (Å²) >= 11 is 0. The predicted molar refractivity (Wildman–Crippen MR) is 43.5 cm³/mol. The highest BCUT2D eigenvalue weighted by atomic mass is 16.2. The maximum Gasteiger partial charge on any atom is 0.303 e. The number of nitriles is 1. The molecule has 0 aliphatic rings. The molecule has 1 amide bonds. The van der Waals surface area contributed by atoms with Gasteiger partial charge in [-0.15, -0.1) is 5.10 Å². The first-order valence-electron chi connectivity index (χ1n) is 3.88. The monoisotopic (exact) mass is 179 g/mol. The fraction of sp³-hybridized carbons (Fsp3) is 0.429. The summed E-state index contributed by atoms with van der Waals surface area (Å²) in [5.41, 5.74) is 0. The Morgan fingerprint density at radius 2 is 2.54 bits per heavy atom. The number of H-pyrrole nitrogens is 1. The van der Waals surface area contributed by atoms with E-state index >= 15 is 0 Å². The molecule has 1 aromatic heterocycles. The second kappa shape index (κ2) is 4.21. The van der Waals surface area contributed by atoms with Gasteiger partial charge in [0.05, 0.1) is 0 Å². The molecule has 0 spiro atoms. The van der Waals surface area contributed by atoms with Crippen molar-refractivity contribution in [2.24, 2.45) is 0 Å². The summed E-state index contributed by atoms with van der Waals surface area (Å²) in [6.45, 7) is 2.00. The summed E-state index contributed by atoms with van der Waals surface area (Å²) in [6, 6.07) is 0. The van der Waals surface area contributed by atoms with E-state index in [1.54, 1.807) is 0 Å². The minimum absolute atomic E-state index is 0.00463. The molecule has 0 radical (unpaired) electrons. The molecule has 68 valence electrons. The quantitative estimate of drug-likeness (QED) is 0.503. The van der Waals surface area contributed by atoms with Crippen LogP contribution in [0.15, 0.2) is 0 Å². The van der Waals surface area contributed by atoms with Crippen molar-refractivity contribution in [3.63, 3.8) is 0 Å². The van der Waals surface area contributed by atoms with Crippen LogP contribution in [0.5, 0.6) is 0 Å². The third kappa shape index (κ3) is 2.27. The lowest BCUT2D eigenvalue weighted by molar-refractivity contribution is 0.0963. The molecule has 0 aliphatic heterocycles. The lowest BCUT2D eigenvalue weighted by Crippen LogP contribution is -2.18. The van der Waals surface area contributed by atoms with Crippen molar-refractivity contribution in [2.45, 2.75) is 19.8 Å². The van der Waals surface area contributed by atoms with Crippen LogP contribution in [-0.4, -0.2) is 21.1 Å². The Balaban J connectivity index is 2.69. The minimum atomic E-state index is -0.582. The van der Waals surface area contributed by atoms with Crippen molar-refractivity contribution in [2.75, 3.05) is 0 Å². The normalized spacial score (nSPS) is 9.23. The molecule has 13 heavy (non-hydrogen) atoms. The van der Waals surface area contributed by atoms with E-state index in [4.69, 9.17) is 5.26 Å². The molecule has 1 heterocycles. The number of nitrogens with one attached hydrogen (secondary N) is 2. The van der Waals surface area contributed by atoms with Gasteiger partial charge in [0.1, 0.15) is 5.82 Å². The second-order valence-electron chi connectivity index (χ2n) is 2.42. The van der Waals surface area contributed by atoms with Gasteiger partial charge in [-0.05, 0) is 6.42 Å². The molecule has 0 unspecified atom stereocenters. The van der Waals surface area contributed by atoms with Crippen LogP contribution in [0.2, 0.25) is 0 Å². The first-order valence-corrected chi connectivity index (χ1v) is 3.88. The molecule has 2 N–H and O–H groups in total. The third-order valence-electron chi connectivity index (χ3n) is 1.39. The molecular weight excluding hydrogens is 170 g/mol. The zero-order valence-electron chi connectivity index (χ0n) is 7.16. The second-order valence-corrected chi connectivity index (χ2v) is 2.42. The summed E-state index contributed by atoms with van der Waals surface area (Å²) < 4.78 is 0. The van der Waals surface area contributed by atoms with Crippen molar-refractivity contribution in [1.82, 2.24) is 20.5 Å². The van der Waals surface area contributed by atoms with Crippen LogP contribution in [0.4, 0.5) is 0 Å². The van der Waals surface area contributed by atoms with Crippen LogP contribution in [0, 0.1) is 11.5 Å². The maximum atomic E-state index is 11.0. The van der Waals surface area contributed by atoms with Gasteiger partial charge in [0, 0.05) is 6.42 Å². The lowest BCUT2D eigenvalue weighted by Gasteiger charge is -1.87. The standard InChI is InChI=1S/C7H9N5O/c1-2-3-5-10-6(12-11-5)7(13)9-4-8/h2-3H2,1H3,(H,9,13)(H,10,11,12). The van der Waals surface area contributed by atoms with E-state index in [-0.39, 0.29) is 5.82 Å². The molecule has 0 atom stereocenters. The Kier molecular flexibility index (Phi) is 2.97. The summed E-state index contributed by atoms with van der Waals surface area (Å²) in [5.74, 6) is 0.0803. The summed E-state index contributed by atoms with van der Waals surface area (Å²) in [7, 11) is 0. The van der Waals surface area contributed by atoms with Gasteiger partial charge in [0.15, 0.2) is 6.19 Å². The molecule has 6 heteroatoms. The van der Waals surface area contributed by atoms with E-state index < -0.39 is 5.91 Å². The molecule has 1 rings (SSSR count). The number of hydrogen-bond acceptors (Lipinski definition) is 4. The Morgan fingerprint density at radius 1 is 1.77 bits per heavy atom. The Labute approximate surface area is 75.0 Å². The Bertz CT molecular complexity index is 337. The maximum absolute atomic E-state index is 11.0. The number of amides is 1. The highest BCUT2D eigenvalue weighted by Crippen LogP contribution is 1.95. The van der Waals surface area contributed by atoms with E-state index in [0.29, 0.717) is 5.82 Å². The summed E-state index contributed by atoms with van der Waals surface area (Å²) in [6.07, 6.45) is 3.18. The third-order valence-corrected chi connectivity index (χ3v) is 1.39. The van der Waals surface area contributed by atoms with Gasteiger partial charge in [0.2, 0.25) is 5.82 Å². The minimum Gasteiger partial charge on any atom is -0.264 e. The molecule has 0 saturated heterocycles. The molecule has 0 aromatic carbocycles. The van der Waals surface area contributed by atoms with E-state index in [1.807, 2.05) is 12.2 Å². The number of nitrogens with zero attached hydrogens (tertiary/aromatic N) is 3. The number of carbonyl (C=O) groups excluding carboxylic acids is 1. The average Bonchev–Trinajstić information content (AvgIpc) is 2.54. The van der Waals surface area contributed by atoms with Crippen molar-refractivity contribution in [3.05, 3.63) is 11.6 Å². The van der Waals surface area contributed by atoms with Gasteiger partial charge in [-0.25, -0.2) is 4.98 Å². The zero-order chi connectivity index (χ0) is 9.68. The molecular formula is C7H9N5O. The summed E-state index contributed by atoms with van der Waals surface area (Å²) in [4.78, 5) is 14.9. The number of aryl methyl sites for hydroxylation is 1. The summed E-state index contributed by atoms with van der Waals surface area (Å²) in [5, 5.41) is 16.4. The first-order chi connectivity index (χ1) is 6.27. The van der Waals surface area contributed by atoms with Gasteiger partial charge in [0.25, 0.3) is 0 Å². The van der Waals surface area contributed by atoms with E-state index in [0.717, 1.165) is 12.8 Å². The van der Waals surface area contributed by atoms with Gasteiger partial charge in [-0.3, -0.25) is 15.2 Å². The van der Waals surface area contributed by atoms with Gasteiger partial charge in [-0.1, -0.05) is 6.92 Å². The SMILES string of the molecule is CCCc1nc(C(=O)NC#N)n[nH]1. The van der Waals surface area contributed by atoms with Crippen LogP contribution >= 0.6 is 0 Å². The van der Waals surface area contributed by atoms with Crippen LogP contribution in [0.1, 0.15) is 29.8 Å². The number of aromatic amines is 1. The van der Waals surface area contributed by atoms with Crippen LogP contribution in [-0.2, 0) is 6.42 Å². The molecule has 6 nitrogen and oxygen atoms in total.